The van der Waals surface area contributed by atoms with E-state index in [1.165, 1.54) is 17.5 Å². The molecule has 0 bridgehead atoms. The van der Waals surface area contributed by atoms with Gasteiger partial charge in [0.05, 0.1) is 6.42 Å². The van der Waals surface area contributed by atoms with Gasteiger partial charge in [-0.3, -0.25) is 4.79 Å². The third-order valence-electron chi connectivity index (χ3n) is 2.14. The molecule has 1 N–H and O–H groups in total. The van der Waals surface area contributed by atoms with Crippen LogP contribution in [0.5, 0.6) is 0 Å². The quantitative estimate of drug-likeness (QED) is 0.873. The summed E-state index contributed by atoms with van der Waals surface area (Å²) in [5, 5.41) is 4.44. The summed E-state index contributed by atoms with van der Waals surface area (Å²) in [6.45, 7) is 0. The molecule has 18 heavy (non-hydrogen) atoms. The van der Waals surface area contributed by atoms with Crippen molar-refractivity contribution >= 4 is 22.4 Å². The van der Waals surface area contributed by atoms with Crippen LogP contribution in [0.2, 0.25) is 0 Å². The molecule has 0 saturated heterocycles. The number of hydrogen-bond donors (Lipinski definition) is 1. The Morgan fingerprint density at radius 2 is 2.06 bits per heavy atom. The van der Waals surface area contributed by atoms with Crippen LogP contribution in [0.3, 0.4) is 0 Å². The van der Waals surface area contributed by atoms with Crippen LogP contribution in [-0.4, -0.2) is 10.9 Å². The fourth-order valence-corrected chi connectivity index (χ4v) is 1.87. The molecule has 3 nitrogen and oxygen atoms in total. The van der Waals surface area contributed by atoms with Crippen LogP contribution in [-0.2, 0) is 11.2 Å². The van der Waals surface area contributed by atoms with E-state index in [1.54, 1.807) is 5.38 Å². The SMILES string of the molecule is O=C(Cc1ccc(F)c(F)c1F)Nc1nccs1. The van der Waals surface area contributed by atoms with Crippen LogP contribution < -0.4 is 5.32 Å². The lowest BCUT2D eigenvalue weighted by Gasteiger charge is -2.04. The molecular formula is C11H7F3N2OS. The van der Waals surface area contributed by atoms with E-state index >= 15 is 0 Å². The summed E-state index contributed by atoms with van der Waals surface area (Å²) in [6.07, 6.45) is 1.11. The second-order valence-corrected chi connectivity index (χ2v) is 4.29. The van der Waals surface area contributed by atoms with Gasteiger partial charge in [-0.15, -0.1) is 11.3 Å². The Hall–Kier alpha value is -1.89. The Balaban J connectivity index is 2.10. The van der Waals surface area contributed by atoms with Gasteiger partial charge in [-0.2, -0.15) is 0 Å². The Morgan fingerprint density at radius 3 is 2.72 bits per heavy atom. The zero-order valence-corrected chi connectivity index (χ0v) is 9.73. The number of anilines is 1. The van der Waals surface area contributed by atoms with E-state index in [4.69, 9.17) is 0 Å². The molecule has 2 aromatic rings. The van der Waals surface area contributed by atoms with E-state index in [9.17, 15) is 18.0 Å². The minimum Gasteiger partial charge on any atom is -0.302 e. The van der Waals surface area contributed by atoms with Gasteiger partial charge < -0.3 is 5.32 Å². The maximum absolute atomic E-state index is 13.3. The molecular weight excluding hydrogens is 265 g/mol. The molecule has 94 valence electrons. The van der Waals surface area contributed by atoms with E-state index in [-0.39, 0.29) is 12.0 Å². The van der Waals surface area contributed by atoms with Gasteiger partial charge in [-0.25, -0.2) is 18.2 Å². The van der Waals surface area contributed by atoms with Gasteiger partial charge in [0, 0.05) is 17.1 Å². The number of thiazole rings is 1. The van der Waals surface area contributed by atoms with Gasteiger partial charge >= 0.3 is 0 Å². The van der Waals surface area contributed by atoms with Crippen LogP contribution >= 0.6 is 11.3 Å². The van der Waals surface area contributed by atoms with Crippen LogP contribution in [0.25, 0.3) is 0 Å². The lowest BCUT2D eigenvalue weighted by Crippen LogP contribution is -2.15. The first-order valence-corrected chi connectivity index (χ1v) is 5.77. The molecule has 7 heteroatoms. The van der Waals surface area contributed by atoms with Crippen molar-refractivity contribution in [2.24, 2.45) is 0 Å². The lowest BCUT2D eigenvalue weighted by atomic mass is 10.1. The predicted molar refractivity (Wildman–Crippen MR) is 60.8 cm³/mol. The van der Waals surface area contributed by atoms with E-state index in [2.05, 4.69) is 10.3 Å². The Morgan fingerprint density at radius 1 is 1.28 bits per heavy atom. The second-order valence-electron chi connectivity index (χ2n) is 3.40. The summed E-state index contributed by atoms with van der Waals surface area (Å²) in [7, 11) is 0. The number of amides is 1. The van der Waals surface area contributed by atoms with Crippen molar-refractivity contribution in [3.8, 4) is 0 Å². The van der Waals surface area contributed by atoms with Crippen molar-refractivity contribution in [3.05, 3.63) is 46.7 Å². The van der Waals surface area contributed by atoms with Gasteiger partial charge in [0.15, 0.2) is 22.6 Å². The zero-order chi connectivity index (χ0) is 13.1. The third-order valence-corrected chi connectivity index (χ3v) is 2.83. The van der Waals surface area contributed by atoms with Crippen LogP contribution in [0, 0.1) is 17.5 Å². The smallest absolute Gasteiger partial charge is 0.230 e. The highest BCUT2D eigenvalue weighted by atomic mass is 32.1. The molecule has 0 unspecified atom stereocenters. The minimum absolute atomic E-state index is 0.206. The molecule has 0 spiro atoms. The van der Waals surface area contributed by atoms with Crippen molar-refractivity contribution in [2.75, 3.05) is 5.32 Å². The molecule has 1 amide bonds. The number of halogens is 3. The number of carbonyl (C=O) groups is 1. The van der Waals surface area contributed by atoms with Gasteiger partial charge in [-0.1, -0.05) is 6.07 Å². The van der Waals surface area contributed by atoms with Crippen molar-refractivity contribution in [1.29, 1.82) is 0 Å². The van der Waals surface area contributed by atoms with Crippen LogP contribution in [0.4, 0.5) is 18.3 Å². The fraction of sp³-hybridized carbons (Fsp3) is 0.0909. The normalized spacial score (nSPS) is 10.4. The summed E-state index contributed by atoms with van der Waals surface area (Å²) >= 11 is 1.20. The first-order valence-electron chi connectivity index (χ1n) is 4.89. The Bertz CT molecular complexity index is 572. The highest BCUT2D eigenvalue weighted by Crippen LogP contribution is 2.17. The monoisotopic (exact) mass is 272 g/mol. The number of nitrogens with zero attached hydrogens (tertiary/aromatic N) is 1. The van der Waals surface area contributed by atoms with Crippen molar-refractivity contribution in [1.82, 2.24) is 4.98 Å². The summed E-state index contributed by atoms with van der Waals surface area (Å²) in [4.78, 5) is 15.3. The van der Waals surface area contributed by atoms with Gasteiger partial charge in [-0.05, 0) is 6.07 Å². The molecule has 0 fully saturated rings. The van der Waals surface area contributed by atoms with Crippen LogP contribution in [0.15, 0.2) is 23.7 Å². The molecule has 0 radical (unpaired) electrons. The highest BCUT2D eigenvalue weighted by Gasteiger charge is 2.16. The second kappa shape index (κ2) is 5.18. The molecule has 1 aromatic heterocycles. The molecule has 0 aliphatic heterocycles. The number of rotatable bonds is 3. The Kier molecular flexibility index (Phi) is 3.61. The maximum Gasteiger partial charge on any atom is 0.230 e. The summed E-state index contributed by atoms with van der Waals surface area (Å²) < 4.78 is 38.9. The number of hydrogen-bond acceptors (Lipinski definition) is 3. The molecule has 2 rings (SSSR count). The average Bonchev–Trinajstić information content (AvgIpc) is 2.83. The summed E-state index contributed by atoms with van der Waals surface area (Å²) in [5.74, 6) is -4.75. The van der Waals surface area contributed by atoms with Gasteiger partial charge in [0.1, 0.15) is 0 Å². The molecule has 1 aromatic carbocycles. The van der Waals surface area contributed by atoms with Crippen molar-refractivity contribution in [3.63, 3.8) is 0 Å². The zero-order valence-electron chi connectivity index (χ0n) is 8.91. The largest absolute Gasteiger partial charge is 0.302 e. The summed E-state index contributed by atoms with van der Waals surface area (Å²) in [5.41, 5.74) is -0.206. The van der Waals surface area contributed by atoms with Crippen molar-refractivity contribution < 1.29 is 18.0 Å². The summed E-state index contributed by atoms with van der Waals surface area (Å²) in [6, 6.07) is 1.82. The van der Waals surface area contributed by atoms with E-state index in [0.29, 0.717) is 5.13 Å². The number of benzene rings is 1. The number of nitrogens with one attached hydrogen (secondary N) is 1. The maximum atomic E-state index is 13.3. The van der Waals surface area contributed by atoms with Gasteiger partial charge in [0.2, 0.25) is 5.91 Å². The number of carbonyl (C=O) groups excluding carboxylic acids is 1. The van der Waals surface area contributed by atoms with Gasteiger partial charge in [0.25, 0.3) is 0 Å². The Labute approximate surface area is 104 Å². The average molecular weight is 272 g/mol. The number of aromatic nitrogens is 1. The fourth-order valence-electron chi connectivity index (χ4n) is 1.32. The molecule has 0 atom stereocenters. The first-order chi connectivity index (χ1) is 8.58. The lowest BCUT2D eigenvalue weighted by molar-refractivity contribution is -0.115. The molecule has 0 aliphatic rings. The molecule has 0 saturated carbocycles. The van der Waals surface area contributed by atoms with E-state index in [1.807, 2.05) is 0 Å². The van der Waals surface area contributed by atoms with Crippen molar-refractivity contribution in [2.45, 2.75) is 6.42 Å². The minimum atomic E-state index is -1.57. The highest BCUT2D eigenvalue weighted by molar-refractivity contribution is 7.13. The first kappa shape index (κ1) is 12.6. The van der Waals surface area contributed by atoms with Crippen LogP contribution in [0.1, 0.15) is 5.56 Å². The predicted octanol–water partition coefficient (Wildman–Crippen LogP) is 2.74. The third kappa shape index (κ3) is 2.67. The van der Waals surface area contributed by atoms with E-state index < -0.39 is 23.4 Å². The standard InChI is InChI=1S/C11H7F3N2OS/c12-7-2-1-6(9(13)10(7)14)5-8(17)16-11-15-3-4-18-11/h1-4H,5H2,(H,15,16,17). The molecule has 0 aliphatic carbocycles. The molecule has 1 heterocycles. The van der Waals surface area contributed by atoms with E-state index in [0.717, 1.165) is 12.1 Å². The topological polar surface area (TPSA) is 42.0 Å².